The molecule has 0 saturated carbocycles. The van der Waals surface area contributed by atoms with Crippen LogP contribution in [-0.4, -0.2) is 257 Å². The number of anilines is 3. The van der Waals surface area contributed by atoms with Gasteiger partial charge in [0, 0.05) is 136 Å². The van der Waals surface area contributed by atoms with E-state index < -0.39 is 7.12 Å². The van der Waals surface area contributed by atoms with E-state index in [9.17, 15) is 9.59 Å². The van der Waals surface area contributed by atoms with E-state index >= 15 is 0 Å². The molecule has 39 heteroatoms. The number of aliphatic imine (C=N–C) groups is 1. The Labute approximate surface area is 794 Å². The molecular weight excluding hydrogens is 1880 g/mol. The maximum absolute atomic E-state index is 10.5. The van der Waals surface area contributed by atoms with Crippen LogP contribution >= 0.6 is 59.4 Å². The molecule has 6 aliphatic rings. The van der Waals surface area contributed by atoms with Gasteiger partial charge in [-0.15, -0.1) is 0 Å². The van der Waals surface area contributed by atoms with E-state index in [2.05, 4.69) is 244 Å². The van der Waals surface area contributed by atoms with Crippen LogP contribution in [0.4, 0.5) is 17.5 Å². The van der Waals surface area contributed by atoms with E-state index in [1.165, 1.54) is 76.2 Å². The average molecular weight is 2000 g/mol. The van der Waals surface area contributed by atoms with E-state index in [0.717, 1.165) is 192 Å². The van der Waals surface area contributed by atoms with Gasteiger partial charge in [0.05, 0.1) is 83.7 Å². The highest BCUT2D eigenvalue weighted by atomic mass is 79.9. The first-order chi connectivity index (χ1) is 63.0. The molecule has 7 N–H and O–H groups in total. The molecule has 0 radical (unpaired) electrons. The number of hydrogen-bond donors (Lipinski definition) is 6. The first kappa shape index (κ1) is 99.1. The molecule has 11 aromatic heterocycles. The standard InChI is InChI=1S/C25H29N7O.C21H26BN3O3.C18H22N6.C10H15BrN4.C6H14N2.C4H2BrClN2.C4H3BrN2O.C4H4N2O/c1-17-22-12-19(23-14-26-16-28-24(23)29-20-8-10-31(2)11-9-20)13-27-25(22)32(30-17)15-18-4-6-21(33-3)7-5-18;1-14-18-11-16(22-27-20(2,3)21(4,5)28-22)12-23-19(18)25(24-14)13-15-7-9-17(26-6)10-8-15;1-12-15-7-13(8-21-17(15)10-20-12)16-9-19-11-22-18(16)23-14-3-5-24(2)6-4-14;1-15-4-2-8(3-5-15)14-10-9(11)6-12-7-13-10;1-8-4-2-6(7)3-5-8;5-3-1-7-2-8-4(3)6;5-3-1-6-2-7-4(3)8;7-4-1-2-5-3-6-4/h4-7,12-14,16,20H,8-11,15H2,1-3H3,(H,26,28,29);7-12H,13H2,1-6H3;7-9,11,14H,3-6,10H2,1-2H3,(H,19,22,23);6-8H,2-5H2,1H3,(H,12,13,14);6H,2-5,7H2,1H3;1-2H;1-2H,(H,6,7,8);1-3H,(H,5,6,7). The van der Waals surface area contributed by atoms with Crippen molar-refractivity contribution in [1.29, 1.82) is 0 Å². The van der Waals surface area contributed by atoms with Crippen LogP contribution in [0.15, 0.2) is 195 Å². The second-order valence-corrected chi connectivity index (χ2v) is 36.6. The van der Waals surface area contributed by atoms with Gasteiger partial charge in [-0.25, -0.2) is 69.2 Å². The lowest BCUT2D eigenvalue weighted by molar-refractivity contribution is 0.00578. The summed E-state index contributed by atoms with van der Waals surface area (Å²) in [6.07, 6.45) is 33.7. The molecule has 0 atom stereocenters. The van der Waals surface area contributed by atoms with E-state index in [1.54, 1.807) is 45.6 Å². The number of aromatic amines is 2. The highest BCUT2D eigenvalue weighted by molar-refractivity contribution is 9.11. The van der Waals surface area contributed by atoms with Gasteiger partial charge in [0.2, 0.25) is 0 Å². The Balaban J connectivity index is 0.000000144. The summed E-state index contributed by atoms with van der Waals surface area (Å²) in [6, 6.07) is 25.7. The van der Waals surface area contributed by atoms with Crippen LogP contribution in [0.2, 0.25) is 5.15 Å². The van der Waals surface area contributed by atoms with Gasteiger partial charge in [-0.3, -0.25) is 19.6 Å². The number of nitrogens with one attached hydrogen (secondary N) is 5. The number of halogens is 4. The van der Waals surface area contributed by atoms with Crippen LogP contribution < -0.4 is 47.7 Å². The third-order valence-corrected chi connectivity index (χ3v) is 25.7. The second-order valence-electron chi connectivity index (χ2n) is 33.7. The molecule has 19 rings (SSSR count). The Morgan fingerprint density at radius 3 is 1.36 bits per heavy atom. The third-order valence-electron chi connectivity index (χ3n) is 23.4. The van der Waals surface area contributed by atoms with Crippen molar-refractivity contribution >= 4 is 117 Å². The number of piperidine rings is 4. The smallest absolute Gasteiger partial charge is 0.496 e. The number of methoxy groups -OCH3 is 2. The van der Waals surface area contributed by atoms with E-state index in [-0.39, 0.29) is 22.3 Å². The summed E-state index contributed by atoms with van der Waals surface area (Å²) in [6.45, 7) is 25.4. The van der Waals surface area contributed by atoms with E-state index in [1.807, 2.05) is 97.5 Å². The van der Waals surface area contributed by atoms with Crippen molar-refractivity contribution in [2.45, 2.75) is 155 Å². The van der Waals surface area contributed by atoms with Crippen molar-refractivity contribution in [3.05, 3.63) is 240 Å². The quantitative estimate of drug-likeness (QED) is 0.0410. The molecule has 34 nitrogen and oxygen atoms in total. The number of likely N-dealkylation sites (tertiary alicyclic amines) is 4. The van der Waals surface area contributed by atoms with E-state index in [0.29, 0.717) is 53.4 Å². The minimum absolute atomic E-state index is 0.116. The van der Waals surface area contributed by atoms with Crippen LogP contribution in [0.3, 0.4) is 0 Å². The van der Waals surface area contributed by atoms with Crippen LogP contribution in [0.1, 0.15) is 120 Å². The van der Waals surface area contributed by atoms with Crippen LogP contribution in [-0.2, 0) is 28.9 Å². The number of benzene rings is 2. The van der Waals surface area contributed by atoms with Gasteiger partial charge in [-0.1, -0.05) is 35.9 Å². The van der Waals surface area contributed by atoms with Crippen molar-refractivity contribution in [2.75, 3.05) is 111 Å². The Hall–Kier alpha value is -10.9. The number of aryl methyl sites for hydroxylation is 2. The molecule has 0 aliphatic carbocycles. The number of nitrogens with zero attached hydrogens (tertiary/aromatic N) is 22. The van der Waals surface area contributed by atoms with Gasteiger partial charge in [0.15, 0.2) is 11.3 Å². The Morgan fingerprint density at radius 1 is 0.496 bits per heavy atom. The highest BCUT2D eigenvalue weighted by Crippen LogP contribution is 2.38. The minimum Gasteiger partial charge on any atom is -0.497 e. The van der Waals surface area contributed by atoms with Gasteiger partial charge in [0.25, 0.3) is 11.1 Å². The van der Waals surface area contributed by atoms with Crippen molar-refractivity contribution in [3.8, 4) is 33.8 Å². The Kier molecular flexibility index (Phi) is 36.3. The maximum Gasteiger partial charge on any atom is 0.496 e. The summed E-state index contributed by atoms with van der Waals surface area (Å²) in [4.78, 5) is 93.7. The molecule has 6 aliphatic heterocycles. The molecule has 0 bridgehead atoms. The lowest BCUT2D eigenvalue weighted by Gasteiger charge is -2.32. The van der Waals surface area contributed by atoms with Crippen molar-refractivity contribution < 1.29 is 18.8 Å². The molecule has 5 fully saturated rings. The van der Waals surface area contributed by atoms with Gasteiger partial charge in [0.1, 0.15) is 63.9 Å². The lowest BCUT2D eigenvalue weighted by atomic mass is 9.80. The Bertz CT molecular complexity index is 5920. The van der Waals surface area contributed by atoms with Crippen molar-refractivity contribution in [1.82, 2.24) is 114 Å². The highest BCUT2D eigenvalue weighted by Gasteiger charge is 2.52. The summed E-state index contributed by atoms with van der Waals surface area (Å²) in [5.74, 6) is 4.35. The fourth-order valence-corrected chi connectivity index (χ4v) is 15.7. The molecule has 13 aromatic rings. The number of nitrogens with two attached hydrogens (primary N) is 1. The summed E-state index contributed by atoms with van der Waals surface area (Å²) >= 11 is 15.1. The fourth-order valence-electron chi connectivity index (χ4n) is 14.8. The molecule has 5 saturated heterocycles. The number of pyridine rings is 3. The molecule has 17 heterocycles. The summed E-state index contributed by atoms with van der Waals surface area (Å²) in [5, 5.41) is 22.6. The monoisotopic (exact) mass is 1990 g/mol. The third kappa shape index (κ3) is 28.6. The predicted octanol–water partition coefficient (Wildman–Crippen LogP) is 13.2. The summed E-state index contributed by atoms with van der Waals surface area (Å²) in [7, 11) is 11.6. The molecule has 0 unspecified atom stereocenters. The maximum atomic E-state index is 10.5. The number of rotatable bonds is 15. The average Bonchev–Trinajstić information content (AvgIpc) is 1.61. The lowest BCUT2D eigenvalue weighted by Crippen LogP contribution is -2.41. The van der Waals surface area contributed by atoms with Gasteiger partial charge >= 0.3 is 7.12 Å². The molecule has 0 spiro atoms. The first-order valence-electron chi connectivity index (χ1n) is 43.5. The van der Waals surface area contributed by atoms with Crippen molar-refractivity contribution in [3.63, 3.8) is 0 Å². The van der Waals surface area contributed by atoms with E-state index in [4.69, 9.17) is 51.3 Å². The molecule has 690 valence electrons. The molecule has 131 heavy (non-hydrogen) atoms. The second kappa shape index (κ2) is 48.0. The minimum atomic E-state index is -0.425. The topological polar surface area (TPSA) is 393 Å². The number of fused-ring (bicyclic) bond motifs is 3. The van der Waals surface area contributed by atoms with Crippen LogP contribution in [0.25, 0.3) is 44.3 Å². The largest absolute Gasteiger partial charge is 0.497 e. The fraction of sp³-hybridized carbons (Fsp3) is 0.413. The zero-order valence-corrected chi connectivity index (χ0v) is 81.8. The van der Waals surface area contributed by atoms with Crippen LogP contribution in [0.5, 0.6) is 11.5 Å². The zero-order chi connectivity index (χ0) is 93.1. The van der Waals surface area contributed by atoms with Crippen molar-refractivity contribution in [2.24, 2.45) is 10.7 Å². The molecule has 2 aromatic carbocycles. The normalized spacial score (nSPS) is 16.4. The van der Waals surface area contributed by atoms with Gasteiger partial charge < -0.3 is 70.0 Å². The SMILES string of the molecule is CC1=NCc2ncc(-c3cncnc3NC3CCN(C)CC3)cc21.CN1CCC(N)CC1.CN1CCC(Nc2ncncc2Br)CC1.COc1ccc(Cn2nc(C)c3cc(-c4cncnc4NC4CCN(C)CC4)cnc32)cc1.COc1ccc(Cn2nc(C)c3cc(B4OC(C)(C)C(C)(C)O4)cnc32)cc1.Clc1ncncc1Br.O=c1[nH]cncc1Br.O=c1ccnc[nH]1. The zero-order valence-electron chi connectivity index (χ0n) is 76.3. The van der Waals surface area contributed by atoms with Gasteiger partial charge in [-0.2, -0.15) is 10.2 Å². The molecular formula is C92H115BBr3ClN28O6. The van der Waals surface area contributed by atoms with Gasteiger partial charge in [-0.05, 0) is 282 Å². The predicted molar refractivity (Wildman–Crippen MR) is 526 cm³/mol. The summed E-state index contributed by atoms with van der Waals surface area (Å²) in [5.41, 5.74) is 18.7. The number of ether oxygens (including phenoxy) is 2. The number of hydrogen-bond acceptors (Lipinski definition) is 30. The Morgan fingerprint density at radius 2 is 0.931 bits per heavy atom. The van der Waals surface area contributed by atoms with Crippen LogP contribution in [0, 0.1) is 13.8 Å². The molecule has 0 amide bonds. The number of aromatic nitrogens is 19. The summed E-state index contributed by atoms with van der Waals surface area (Å²) < 4.78 is 28.8. The number of H-pyrrole nitrogens is 2. The first-order valence-corrected chi connectivity index (χ1v) is 46.2.